The van der Waals surface area contributed by atoms with Crippen molar-refractivity contribution in [1.82, 2.24) is 0 Å². The van der Waals surface area contributed by atoms with E-state index in [1.165, 1.54) is 7.11 Å². The number of fused-ring (bicyclic) bond motifs is 1. The summed E-state index contributed by atoms with van der Waals surface area (Å²) in [6, 6.07) is 4.97. The second-order valence-electron chi connectivity index (χ2n) is 3.41. The van der Waals surface area contributed by atoms with Gasteiger partial charge in [0.2, 0.25) is 0 Å². The average molecular weight is 231 g/mol. The van der Waals surface area contributed by atoms with E-state index < -0.39 is 5.63 Å². The summed E-state index contributed by atoms with van der Waals surface area (Å²) in [6.07, 6.45) is 0. The van der Waals surface area contributed by atoms with E-state index in [0.717, 1.165) is 0 Å². The zero-order valence-corrected chi connectivity index (χ0v) is 9.30. The summed E-state index contributed by atoms with van der Waals surface area (Å²) in [5, 5.41) is 4.11. The molecule has 2 rings (SSSR count). The van der Waals surface area contributed by atoms with Crippen LogP contribution in [0.5, 0.6) is 5.75 Å². The van der Waals surface area contributed by atoms with E-state index in [9.17, 15) is 4.79 Å². The Balaban J connectivity index is 2.91. The summed E-state index contributed by atoms with van der Waals surface area (Å²) >= 11 is 0. The molecule has 0 aliphatic heterocycles. The number of benzene rings is 1. The molecule has 17 heavy (non-hydrogen) atoms. The lowest BCUT2D eigenvalue weighted by Gasteiger charge is -2.05. The lowest BCUT2D eigenvalue weighted by molar-refractivity contribution is 0.414. The molecule has 1 heterocycles. The largest absolute Gasteiger partial charge is 0.497 e. The maximum absolute atomic E-state index is 11.5. The quantitative estimate of drug-likeness (QED) is 0.344. The van der Waals surface area contributed by atoms with Crippen molar-refractivity contribution in [2.45, 2.75) is 6.92 Å². The van der Waals surface area contributed by atoms with Crippen LogP contribution in [0, 0.1) is 6.92 Å². The van der Waals surface area contributed by atoms with E-state index >= 15 is 0 Å². The highest BCUT2D eigenvalue weighted by Crippen LogP contribution is 2.30. The highest BCUT2D eigenvalue weighted by atomic mass is 16.5. The third-order valence-electron chi connectivity index (χ3n) is 2.45. The summed E-state index contributed by atoms with van der Waals surface area (Å²) < 4.78 is 10.1. The van der Waals surface area contributed by atoms with Crippen molar-refractivity contribution in [3.63, 3.8) is 0 Å². The topological polar surface area (TPSA) is 88.2 Å². The lowest BCUT2D eigenvalue weighted by atomic mass is 10.1. The van der Waals surface area contributed by atoms with Gasteiger partial charge in [0.05, 0.1) is 12.8 Å². The highest BCUT2D eigenvalue weighted by Gasteiger charge is 2.10. The molecule has 0 bridgehead atoms. The average Bonchev–Trinajstić information content (AvgIpc) is 2.34. The van der Waals surface area contributed by atoms with Gasteiger partial charge in [0, 0.05) is 21.9 Å². The second-order valence-corrected chi connectivity index (χ2v) is 3.41. The van der Waals surface area contributed by atoms with E-state index in [2.05, 4.69) is 10.0 Å². The van der Waals surface area contributed by atoms with Gasteiger partial charge in [-0.05, 0) is 24.6 Å². The van der Waals surface area contributed by atoms with E-state index in [1.54, 1.807) is 25.1 Å². The number of rotatable bonds is 2. The van der Waals surface area contributed by atoms with Crippen LogP contribution in [0.25, 0.3) is 21.4 Å². The highest BCUT2D eigenvalue weighted by molar-refractivity contribution is 5.90. The van der Waals surface area contributed by atoms with E-state index in [-0.39, 0.29) is 0 Å². The maximum atomic E-state index is 11.5. The van der Waals surface area contributed by atoms with Gasteiger partial charge in [0.15, 0.2) is 0 Å². The van der Waals surface area contributed by atoms with Crippen LogP contribution in [0.4, 0.5) is 5.69 Å². The number of hydrogen-bond acceptors (Lipinski definition) is 4. The first-order chi connectivity index (χ1) is 8.17. The number of hydrogen-bond donors (Lipinski definition) is 0. The molecule has 6 heteroatoms. The van der Waals surface area contributed by atoms with Crippen LogP contribution in [0.1, 0.15) is 5.56 Å². The first-order valence-corrected chi connectivity index (χ1v) is 4.84. The number of nitrogens with zero attached hydrogens (tertiary/aromatic N) is 3. The fourth-order valence-electron chi connectivity index (χ4n) is 1.56. The predicted octanol–water partition coefficient (Wildman–Crippen LogP) is 3.05. The minimum Gasteiger partial charge on any atom is -0.497 e. The molecule has 1 aromatic heterocycles. The molecule has 0 saturated heterocycles. The van der Waals surface area contributed by atoms with Crippen molar-refractivity contribution < 1.29 is 9.15 Å². The van der Waals surface area contributed by atoms with Crippen molar-refractivity contribution in [2.24, 2.45) is 5.11 Å². The zero-order valence-electron chi connectivity index (χ0n) is 9.30. The molecule has 0 radical (unpaired) electrons. The van der Waals surface area contributed by atoms with Crippen LogP contribution in [0.2, 0.25) is 0 Å². The van der Waals surface area contributed by atoms with Crippen molar-refractivity contribution in [1.29, 1.82) is 0 Å². The molecule has 2 aromatic rings. The summed E-state index contributed by atoms with van der Waals surface area (Å²) in [6.45, 7) is 1.56. The zero-order chi connectivity index (χ0) is 12.4. The van der Waals surface area contributed by atoms with Crippen LogP contribution in [0.15, 0.2) is 32.5 Å². The fraction of sp³-hybridized carbons (Fsp3) is 0.182. The first-order valence-electron chi connectivity index (χ1n) is 4.84. The van der Waals surface area contributed by atoms with Crippen LogP contribution in [-0.2, 0) is 0 Å². The van der Waals surface area contributed by atoms with Crippen molar-refractivity contribution >= 4 is 16.7 Å². The normalized spacial score (nSPS) is 10.0. The molecule has 0 fully saturated rings. The molecule has 0 N–H and O–H groups in total. The Morgan fingerprint density at radius 1 is 1.47 bits per heavy atom. The van der Waals surface area contributed by atoms with Gasteiger partial charge in [-0.15, -0.1) is 0 Å². The van der Waals surface area contributed by atoms with Crippen LogP contribution < -0.4 is 10.4 Å². The summed E-state index contributed by atoms with van der Waals surface area (Å²) in [7, 11) is 1.52. The molecule has 0 aliphatic carbocycles. The predicted molar refractivity (Wildman–Crippen MR) is 62.6 cm³/mol. The smallest absolute Gasteiger partial charge is 0.339 e. The van der Waals surface area contributed by atoms with E-state index in [0.29, 0.717) is 28.0 Å². The summed E-state index contributed by atoms with van der Waals surface area (Å²) in [5.41, 5.74) is 8.90. The molecule has 0 saturated carbocycles. The summed E-state index contributed by atoms with van der Waals surface area (Å²) in [4.78, 5) is 14.3. The molecule has 1 aromatic carbocycles. The van der Waals surface area contributed by atoms with Gasteiger partial charge in [0.25, 0.3) is 0 Å². The van der Waals surface area contributed by atoms with Gasteiger partial charge >= 0.3 is 5.63 Å². The fourth-order valence-corrected chi connectivity index (χ4v) is 1.56. The Hall–Kier alpha value is -2.46. The maximum Gasteiger partial charge on any atom is 0.339 e. The number of azide groups is 1. The molecule has 0 amide bonds. The molecular weight excluding hydrogens is 222 g/mol. The molecule has 86 valence electrons. The van der Waals surface area contributed by atoms with E-state index in [1.807, 2.05) is 0 Å². The first kappa shape index (κ1) is 11.0. The van der Waals surface area contributed by atoms with Crippen molar-refractivity contribution in [2.75, 3.05) is 7.11 Å². The Kier molecular flexibility index (Phi) is 2.72. The minimum atomic E-state index is -0.520. The van der Waals surface area contributed by atoms with E-state index in [4.69, 9.17) is 14.7 Å². The molecule has 0 unspecified atom stereocenters. The van der Waals surface area contributed by atoms with Crippen LogP contribution in [-0.4, -0.2) is 7.11 Å². The monoisotopic (exact) mass is 231 g/mol. The second kappa shape index (κ2) is 4.19. The Morgan fingerprint density at radius 2 is 2.24 bits per heavy atom. The van der Waals surface area contributed by atoms with Gasteiger partial charge < -0.3 is 9.15 Å². The molecular formula is C11H9N3O3. The van der Waals surface area contributed by atoms with Crippen LogP contribution in [0.3, 0.4) is 0 Å². The van der Waals surface area contributed by atoms with Gasteiger partial charge in [-0.1, -0.05) is 5.11 Å². The Morgan fingerprint density at radius 3 is 2.88 bits per heavy atom. The lowest BCUT2D eigenvalue weighted by Crippen LogP contribution is -2.03. The molecule has 0 aliphatic rings. The van der Waals surface area contributed by atoms with Gasteiger partial charge in [-0.3, -0.25) is 0 Å². The SMILES string of the molecule is COc1ccc2c(N=[N+]=[N-])c(C)c(=O)oc2c1. The van der Waals surface area contributed by atoms with Crippen LogP contribution >= 0.6 is 0 Å². The Bertz CT molecular complexity index is 684. The van der Waals surface area contributed by atoms with Gasteiger partial charge in [-0.2, -0.15) is 0 Å². The summed E-state index contributed by atoms with van der Waals surface area (Å²) in [5.74, 6) is 0.566. The third kappa shape index (κ3) is 1.81. The molecule has 0 atom stereocenters. The van der Waals surface area contributed by atoms with Gasteiger partial charge in [0.1, 0.15) is 11.3 Å². The minimum absolute atomic E-state index is 0.292. The van der Waals surface area contributed by atoms with Crippen molar-refractivity contribution in [3.05, 3.63) is 44.6 Å². The third-order valence-corrected chi connectivity index (χ3v) is 2.45. The molecule has 6 nitrogen and oxygen atoms in total. The van der Waals surface area contributed by atoms with Gasteiger partial charge in [-0.25, -0.2) is 4.79 Å². The van der Waals surface area contributed by atoms with Crippen molar-refractivity contribution in [3.8, 4) is 5.75 Å². The number of methoxy groups -OCH3 is 1. The Labute approximate surface area is 96.1 Å². The standard InChI is InChI=1S/C11H9N3O3/c1-6-10(13-14-12)8-4-3-7(16-2)5-9(8)17-11(6)15/h3-5H,1-2H3. The number of ether oxygens (including phenoxy) is 1. The molecule has 0 spiro atoms.